The van der Waals surface area contributed by atoms with Gasteiger partial charge in [0, 0.05) is 12.1 Å². The van der Waals surface area contributed by atoms with Crippen molar-refractivity contribution in [1.29, 1.82) is 0 Å². The smallest absolute Gasteiger partial charge is 0.261 e. The van der Waals surface area contributed by atoms with Crippen LogP contribution in [-0.4, -0.2) is 20.9 Å². The number of carbonyl (C=O) groups excluding carboxylic acids is 1. The minimum atomic E-state index is -3.70. The number of anilines is 1. The maximum Gasteiger partial charge on any atom is 0.261 e. The summed E-state index contributed by atoms with van der Waals surface area (Å²) < 4.78 is 27.7. The van der Waals surface area contributed by atoms with Crippen molar-refractivity contribution in [3.63, 3.8) is 0 Å². The Bertz CT molecular complexity index is 859. The number of aryl methyl sites for hydroxylation is 2. The third-order valence-corrected chi connectivity index (χ3v) is 5.52. The lowest BCUT2D eigenvalue weighted by atomic mass is 10.1. The highest BCUT2D eigenvalue weighted by Crippen LogP contribution is 2.21. The van der Waals surface area contributed by atoms with Crippen LogP contribution in [0, 0.1) is 13.8 Å². The number of amides is 1. The molecule has 0 aromatic heterocycles. The van der Waals surface area contributed by atoms with Crippen LogP contribution in [0.2, 0.25) is 0 Å². The molecule has 0 saturated carbocycles. The molecule has 1 amide bonds. The molecule has 0 radical (unpaired) electrons. The van der Waals surface area contributed by atoms with E-state index in [2.05, 4.69) is 17.0 Å². The number of benzene rings is 2. The lowest BCUT2D eigenvalue weighted by molar-refractivity contribution is 0.0953. The van der Waals surface area contributed by atoms with Crippen molar-refractivity contribution in [3.8, 4) is 0 Å². The monoisotopic (exact) mass is 374 g/mol. The molecule has 26 heavy (non-hydrogen) atoms. The van der Waals surface area contributed by atoms with E-state index in [1.165, 1.54) is 0 Å². The number of nitrogens with one attached hydrogen (secondary N) is 2. The third-order valence-electron chi connectivity index (χ3n) is 4.14. The summed E-state index contributed by atoms with van der Waals surface area (Å²) >= 11 is 0. The van der Waals surface area contributed by atoms with Crippen LogP contribution in [0.3, 0.4) is 0 Å². The van der Waals surface area contributed by atoms with E-state index >= 15 is 0 Å². The molecule has 0 heterocycles. The van der Waals surface area contributed by atoms with Gasteiger partial charge in [0.15, 0.2) is 0 Å². The minimum Gasteiger partial charge on any atom is -0.352 e. The average molecular weight is 375 g/mol. The van der Waals surface area contributed by atoms with Crippen LogP contribution >= 0.6 is 0 Å². The molecule has 0 aliphatic heterocycles. The predicted octanol–water partition coefficient (Wildman–Crippen LogP) is 4.02. The topological polar surface area (TPSA) is 75.3 Å². The zero-order valence-electron chi connectivity index (χ0n) is 15.5. The van der Waals surface area contributed by atoms with E-state index in [1.807, 2.05) is 6.92 Å². The first kappa shape index (κ1) is 20.0. The van der Waals surface area contributed by atoms with Gasteiger partial charge in [-0.25, -0.2) is 8.42 Å². The first-order valence-electron chi connectivity index (χ1n) is 8.82. The summed E-state index contributed by atoms with van der Waals surface area (Å²) in [5.41, 5.74) is 2.59. The first-order chi connectivity index (χ1) is 12.3. The van der Waals surface area contributed by atoms with Crippen molar-refractivity contribution in [2.24, 2.45) is 0 Å². The van der Waals surface area contributed by atoms with Crippen LogP contribution in [-0.2, 0) is 10.0 Å². The van der Waals surface area contributed by atoms with Gasteiger partial charge in [0.25, 0.3) is 15.9 Å². The van der Waals surface area contributed by atoms with Crippen molar-refractivity contribution in [1.82, 2.24) is 5.32 Å². The molecule has 0 fully saturated rings. The van der Waals surface area contributed by atoms with Crippen LogP contribution in [0.5, 0.6) is 0 Å². The highest BCUT2D eigenvalue weighted by atomic mass is 32.2. The Morgan fingerprint density at radius 1 is 1.00 bits per heavy atom. The predicted molar refractivity (Wildman–Crippen MR) is 105 cm³/mol. The van der Waals surface area contributed by atoms with Crippen LogP contribution < -0.4 is 10.0 Å². The molecule has 2 N–H and O–H groups in total. The highest BCUT2D eigenvalue weighted by Gasteiger charge is 2.16. The van der Waals surface area contributed by atoms with Crippen molar-refractivity contribution in [2.45, 2.75) is 44.9 Å². The van der Waals surface area contributed by atoms with Crippen molar-refractivity contribution in [2.75, 3.05) is 11.3 Å². The van der Waals surface area contributed by atoms with Gasteiger partial charge in [-0.1, -0.05) is 43.5 Å². The number of hydrogen-bond acceptors (Lipinski definition) is 3. The summed E-state index contributed by atoms with van der Waals surface area (Å²) in [7, 11) is -3.70. The van der Waals surface area contributed by atoms with Crippen LogP contribution in [0.1, 0.15) is 47.7 Å². The second-order valence-corrected chi connectivity index (χ2v) is 8.09. The molecule has 0 bridgehead atoms. The zero-order chi connectivity index (χ0) is 19.2. The summed E-state index contributed by atoms with van der Waals surface area (Å²) in [4.78, 5) is 12.4. The Morgan fingerprint density at radius 3 is 2.35 bits per heavy atom. The van der Waals surface area contributed by atoms with Crippen molar-refractivity contribution in [3.05, 3.63) is 59.2 Å². The number of hydrogen-bond donors (Lipinski definition) is 2. The zero-order valence-corrected chi connectivity index (χ0v) is 16.3. The number of unbranched alkanes of at least 4 members (excludes halogenated alkanes) is 2. The molecule has 2 aromatic carbocycles. The Hall–Kier alpha value is -2.34. The van der Waals surface area contributed by atoms with Gasteiger partial charge >= 0.3 is 0 Å². The van der Waals surface area contributed by atoms with Gasteiger partial charge in [-0.2, -0.15) is 0 Å². The molecular formula is C20H26N2O3S. The molecule has 0 atom stereocenters. The van der Waals surface area contributed by atoms with Gasteiger partial charge in [-0.3, -0.25) is 9.52 Å². The Kier molecular flexibility index (Phi) is 6.80. The normalized spacial score (nSPS) is 11.2. The molecule has 0 aliphatic rings. The Labute approximate surface area is 155 Å². The summed E-state index contributed by atoms with van der Waals surface area (Å²) in [5, 5.41) is 2.87. The van der Waals surface area contributed by atoms with E-state index in [0.717, 1.165) is 30.4 Å². The molecule has 2 rings (SSSR count). The summed E-state index contributed by atoms with van der Waals surface area (Å²) in [6, 6.07) is 11.7. The fourth-order valence-electron chi connectivity index (χ4n) is 2.47. The van der Waals surface area contributed by atoms with Crippen LogP contribution in [0.15, 0.2) is 47.4 Å². The lowest BCUT2D eigenvalue weighted by Gasteiger charge is -2.13. The first-order valence-corrected chi connectivity index (χ1v) is 10.3. The minimum absolute atomic E-state index is 0.192. The van der Waals surface area contributed by atoms with Gasteiger partial charge in [0.1, 0.15) is 0 Å². The van der Waals surface area contributed by atoms with Gasteiger partial charge in [-0.15, -0.1) is 0 Å². The van der Waals surface area contributed by atoms with Crippen LogP contribution in [0.25, 0.3) is 0 Å². The molecule has 2 aromatic rings. The van der Waals surface area contributed by atoms with E-state index in [1.54, 1.807) is 49.4 Å². The number of carbonyl (C=O) groups is 1. The van der Waals surface area contributed by atoms with Crippen molar-refractivity contribution >= 4 is 21.6 Å². The van der Waals surface area contributed by atoms with Crippen LogP contribution in [0.4, 0.5) is 5.69 Å². The van der Waals surface area contributed by atoms with Crippen molar-refractivity contribution < 1.29 is 13.2 Å². The SMILES string of the molecule is CCCCCNC(=O)c1ccc(C)c(NS(=O)(=O)c2ccc(C)cc2)c1. The van der Waals surface area contributed by atoms with Gasteiger partial charge in [-0.05, 0) is 50.1 Å². The maximum atomic E-state index is 12.6. The second kappa shape index (κ2) is 8.85. The van der Waals surface area contributed by atoms with Gasteiger partial charge in [0.05, 0.1) is 10.6 Å². The van der Waals surface area contributed by atoms with E-state index < -0.39 is 10.0 Å². The summed E-state index contributed by atoms with van der Waals surface area (Å²) in [6.07, 6.45) is 3.09. The summed E-state index contributed by atoms with van der Waals surface area (Å²) in [6.45, 7) is 6.42. The Morgan fingerprint density at radius 2 is 1.69 bits per heavy atom. The molecule has 0 spiro atoms. The highest BCUT2D eigenvalue weighted by molar-refractivity contribution is 7.92. The van der Waals surface area contributed by atoms with Gasteiger partial charge < -0.3 is 5.32 Å². The van der Waals surface area contributed by atoms with E-state index in [4.69, 9.17) is 0 Å². The maximum absolute atomic E-state index is 12.6. The molecule has 5 nitrogen and oxygen atoms in total. The van der Waals surface area contributed by atoms with E-state index in [-0.39, 0.29) is 10.8 Å². The van der Waals surface area contributed by atoms with Gasteiger partial charge in [0.2, 0.25) is 0 Å². The molecule has 0 aliphatic carbocycles. The lowest BCUT2D eigenvalue weighted by Crippen LogP contribution is -2.24. The largest absolute Gasteiger partial charge is 0.352 e. The molecule has 0 unspecified atom stereocenters. The third kappa shape index (κ3) is 5.33. The quantitative estimate of drug-likeness (QED) is 0.685. The van der Waals surface area contributed by atoms with E-state index in [0.29, 0.717) is 17.8 Å². The second-order valence-electron chi connectivity index (χ2n) is 6.41. The van der Waals surface area contributed by atoms with E-state index in [9.17, 15) is 13.2 Å². The summed E-state index contributed by atoms with van der Waals surface area (Å²) in [5.74, 6) is -0.197. The molecule has 0 saturated heterocycles. The molecule has 6 heteroatoms. The standard InChI is InChI=1S/C20H26N2O3S/c1-4-5-6-13-21-20(23)17-10-9-16(3)19(14-17)22-26(24,25)18-11-7-15(2)8-12-18/h7-12,14,22H,4-6,13H2,1-3H3,(H,21,23). The number of sulfonamides is 1. The Balaban J connectivity index is 2.16. The molecular weight excluding hydrogens is 348 g/mol. The average Bonchev–Trinajstić information content (AvgIpc) is 2.60. The fourth-order valence-corrected chi connectivity index (χ4v) is 3.59. The molecule has 140 valence electrons. The number of rotatable bonds is 8. The fraction of sp³-hybridized carbons (Fsp3) is 0.350.